The van der Waals surface area contributed by atoms with Crippen molar-refractivity contribution >= 4 is 11.6 Å². The zero-order valence-electron chi connectivity index (χ0n) is 12.7. The molecule has 1 fully saturated rings. The van der Waals surface area contributed by atoms with Crippen molar-refractivity contribution in [3.8, 4) is 6.07 Å². The Kier molecular flexibility index (Phi) is 5.32. The molecular formula is C16H22N4O. The van der Waals surface area contributed by atoms with Gasteiger partial charge in [0.2, 0.25) is 5.91 Å². The van der Waals surface area contributed by atoms with Gasteiger partial charge in [-0.3, -0.25) is 9.69 Å². The van der Waals surface area contributed by atoms with E-state index >= 15 is 0 Å². The second-order valence-corrected chi connectivity index (χ2v) is 5.71. The predicted molar refractivity (Wildman–Crippen MR) is 82.9 cm³/mol. The summed E-state index contributed by atoms with van der Waals surface area (Å²) in [4.78, 5) is 16.4. The molecule has 0 radical (unpaired) electrons. The Morgan fingerprint density at radius 1 is 1.48 bits per heavy atom. The summed E-state index contributed by atoms with van der Waals surface area (Å²) in [5.74, 6) is -0.0251. The molecular weight excluding hydrogens is 264 g/mol. The zero-order valence-corrected chi connectivity index (χ0v) is 12.7. The molecule has 1 aromatic carbocycles. The van der Waals surface area contributed by atoms with E-state index in [1.807, 2.05) is 7.05 Å². The standard InChI is InChI=1S/C16H22N4O/c1-19(11-15-4-3-9-20(15)2)12-16(21)18-14-7-5-13(10-17)6-8-14/h5-8,15H,3-4,9,11-12H2,1-2H3,(H,18,21). The van der Waals surface area contributed by atoms with Crippen LogP contribution in [0.3, 0.4) is 0 Å². The van der Waals surface area contributed by atoms with E-state index in [1.165, 1.54) is 12.8 Å². The van der Waals surface area contributed by atoms with Gasteiger partial charge >= 0.3 is 0 Å². The first-order valence-corrected chi connectivity index (χ1v) is 7.27. The predicted octanol–water partition coefficient (Wildman–Crippen LogP) is 1.52. The lowest BCUT2D eigenvalue weighted by Crippen LogP contribution is -2.40. The number of nitriles is 1. The van der Waals surface area contributed by atoms with E-state index < -0.39 is 0 Å². The number of amides is 1. The molecule has 1 aliphatic rings. The van der Waals surface area contributed by atoms with Crippen LogP contribution in [0.1, 0.15) is 18.4 Å². The van der Waals surface area contributed by atoms with Crippen LogP contribution in [-0.4, -0.2) is 55.5 Å². The van der Waals surface area contributed by atoms with Crippen molar-refractivity contribution < 1.29 is 4.79 Å². The third kappa shape index (κ3) is 4.55. The molecule has 0 bridgehead atoms. The number of likely N-dealkylation sites (N-methyl/N-ethyl adjacent to an activating group) is 2. The quantitative estimate of drug-likeness (QED) is 0.891. The number of nitrogens with zero attached hydrogens (tertiary/aromatic N) is 3. The molecule has 1 aromatic rings. The molecule has 0 aromatic heterocycles. The Labute approximate surface area is 126 Å². The van der Waals surface area contributed by atoms with Crippen LogP contribution in [0, 0.1) is 11.3 Å². The van der Waals surface area contributed by atoms with Gasteiger partial charge in [-0.05, 0) is 57.7 Å². The van der Waals surface area contributed by atoms with Crippen LogP contribution >= 0.6 is 0 Å². The third-order valence-electron chi connectivity index (χ3n) is 3.91. The molecule has 112 valence electrons. The largest absolute Gasteiger partial charge is 0.325 e. The smallest absolute Gasteiger partial charge is 0.238 e. The summed E-state index contributed by atoms with van der Waals surface area (Å²) in [6.45, 7) is 2.44. The lowest BCUT2D eigenvalue weighted by atomic mass is 10.2. The van der Waals surface area contributed by atoms with E-state index in [0.717, 1.165) is 18.8 Å². The third-order valence-corrected chi connectivity index (χ3v) is 3.91. The minimum Gasteiger partial charge on any atom is -0.325 e. The van der Waals surface area contributed by atoms with Crippen LogP contribution in [0.15, 0.2) is 24.3 Å². The molecule has 1 unspecified atom stereocenters. The highest BCUT2D eigenvalue weighted by Gasteiger charge is 2.22. The van der Waals surface area contributed by atoms with E-state index in [-0.39, 0.29) is 5.91 Å². The van der Waals surface area contributed by atoms with E-state index in [0.29, 0.717) is 18.2 Å². The van der Waals surface area contributed by atoms with Gasteiger partial charge in [0.1, 0.15) is 0 Å². The van der Waals surface area contributed by atoms with Gasteiger partial charge in [0.15, 0.2) is 0 Å². The fourth-order valence-corrected chi connectivity index (χ4v) is 2.71. The summed E-state index contributed by atoms with van der Waals surface area (Å²) >= 11 is 0. The number of carbonyl (C=O) groups is 1. The molecule has 2 rings (SSSR count). The van der Waals surface area contributed by atoms with Gasteiger partial charge in [-0.1, -0.05) is 0 Å². The van der Waals surface area contributed by atoms with E-state index in [9.17, 15) is 4.79 Å². The van der Waals surface area contributed by atoms with E-state index in [1.54, 1.807) is 24.3 Å². The maximum atomic E-state index is 12.0. The van der Waals surface area contributed by atoms with Crippen molar-refractivity contribution in [3.63, 3.8) is 0 Å². The van der Waals surface area contributed by atoms with Gasteiger partial charge in [-0.2, -0.15) is 5.26 Å². The molecule has 1 aliphatic heterocycles. The number of likely N-dealkylation sites (tertiary alicyclic amines) is 1. The number of benzene rings is 1. The van der Waals surface area contributed by atoms with Gasteiger partial charge in [0.05, 0.1) is 18.2 Å². The summed E-state index contributed by atoms with van der Waals surface area (Å²) in [5, 5.41) is 11.6. The molecule has 5 heteroatoms. The summed E-state index contributed by atoms with van der Waals surface area (Å²) in [6.07, 6.45) is 2.45. The lowest BCUT2D eigenvalue weighted by Gasteiger charge is -2.25. The first-order chi connectivity index (χ1) is 10.1. The first-order valence-electron chi connectivity index (χ1n) is 7.27. The summed E-state index contributed by atoms with van der Waals surface area (Å²) < 4.78 is 0. The summed E-state index contributed by atoms with van der Waals surface area (Å²) in [6, 6.07) is 9.52. The Bertz CT molecular complexity index is 520. The Hall–Kier alpha value is -1.90. The molecule has 1 N–H and O–H groups in total. The molecule has 0 saturated carbocycles. The SMILES string of the molecule is CN(CC(=O)Nc1ccc(C#N)cc1)CC1CCCN1C. The van der Waals surface area contributed by atoms with Crippen molar-refractivity contribution in [1.29, 1.82) is 5.26 Å². The Morgan fingerprint density at radius 2 is 2.19 bits per heavy atom. The van der Waals surface area contributed by atoms with Gasteiger partial charge in [0.25, 0.3) is 0 Å². The average molecular weight is 286 g/mol. The highest BCUT2D eigenvalue weighted by atomic mass is 16.2. The van der Waals surface area contributed by atoms with Crippen LogP contribution < -0.4 is 5.32 Å². The minimum atomic E-state index is -0.0251. The normalized spacial score (nSPS) is 18.7. The van der Waals surface area contributed by atoms with Crippen LogP contribution in [0.25, 0.3) is 0 Å². The van der Waals surface area contributed by atoms with Crippen molar-refractivity contribution in [1.82, 2.24) is 9.80 Å². The highest BCUT2D eigenvalue weighted by Crippen LogP contribution is 2.15. The first kappa shape index (κ1) is 15.5. The fourth-order valence-electron chi connectivity index (χ4n) is 2.71. The minimum absolute atomic E-state index is 0.0251. The number of anilines is 1. The number of carbonyl (C=O) groups excluding carboxylic acids is 1. The molecule has 21 heavy (non-hydrogen) atoms. The number of nitrogens with one attached hydrogen (secondary N) is 1. The lowest BCUT2D eigenvalue weighted by molar-refractivity contribution is -0.117. The van der Waals surface area contributed by atoms with Crippen LogP contribution in [0.2, 0.25) is 0 Å². The fraction of sp³-hybridized carbons (Fsp3) is 0.500. The maximum absolute atomic E-state index is 12.0. The topological polar surface area (TPSA) is 59.4 Å². The molecule has 1 heterocycles. The zero-order chi connectivity index (χ0) is 15.2. The van der Waals surface area contributed by atoms with Gasteiger partial charge in [-0.25, -0.2) is 0 Å². The second kappa shape index (κ2) is 7.21. The monoisotopic (exact) mass is 286 g/mol. The molecule has 1 amide bonds. The Balaban J connectivity index is 1.79. The maximum Gasteiger partial charge on any atom is 0.238 e. The van der Waals surface area contributed by atoms with Crippen LogP contribution in [0.5, 0.6) is 0 Å². The number of hydrogen-bond acceptors (Lipinski definition) is 4. The van der Waals surface area contributed by atoms with Crippen molar-refractivity contribution in [3.05, 3.63) is 29.8 Å². The van der Waals surface area contributed by atoms with Gasteiger partial charge < -0.3 is 10.2 Å². The second-order valence-electron chi connectivity index (χ2n) is 5.71. The summed E-state index contributed by atoms with van der Waals surface area (Å²) in [5.41, 5.74) is 1.32. The molecule has 1 atom stereocenters. The van der Waals surface area contributed by atoms with Gasteiger partial charge in [0, 0.05) is 18.3 Å². The average Bonchev–Trinajstić information content (AvgIpc) is 2.84. The van der Waals surface area contributed by atoms with Crippen molar-refractivity contribution in [2.75, 3.05) is 39.0 Å². The van der Waals surface area contributed by atoms with Crippen LogP contribution in [-0.2, 0) is 4.79 Å². The molecule has 0 aliphatic carbocycles. The van der Waals surface area contributed by atoms with E-state index in [4.69, 9.17) is 5.26 Å². The number of rotatable bonds is 5. The highest BCUT2D eigenvalue weighted by molar-refractivity contribution is 5.92. The van der Waals surface area contributed by atoms with E-state index in [2.05, 4.69) is 28.2 Å². The van der Waals surface area contributed by atoms with Crippen molar-refractivity contribution in [2.45, 2.75) is 18.9 Å². The molecule has 5 nitrogen and oxygen atoms in total. The molecule has 0 spiro atoms. The van der Waals surface area contributed by atoms with Crippen LogP contribution in [0.4, 0.5) is 5.69 Å². The molecule has 1 saturated heterocycles. The summed E-state index contributed by atoms with van der Waals surface area (Å²) in [7, 11) is 4.12. The van der Waals surface area contributed by atoms with Gasteiger partial charge in [-0.15, -0.1) is 0 Å². The Morgan fingerprint density at radius 3 is 2.76 bits per heavy atom. The number of hydrogen-bond donors (Lipinski definition) is 1. The van der Waals surface area contributed by atoms with Crippen molar-refractivity contribution in [2.24, 2.45) is 0 Å².